The van der Waals surface area contributed by atoms with E-state index in [4.69, 9.17) is 15.5 Å². The maximum absolute atomic E-state index is 11.8. The van der Waals surface area contributed by atoms with E-state index in [2.05, 4.69) is 102 Å². The molecule has 6 aromatic carbocycles. The normalized spacial score (nSPS) is 13.1. The van der Waals surface area contributed by atoms with Crippen molar-refractivity contribution in [3.8, 4) is 67.5 Å². The van der Waals surface area contributed by atoms with Crippen molar-refractivity contribution >= 4 is 11.0 Å². The molecule has 0 amide bonds. The first-order valence-electron chi connectivity index (χ1n) is 22.8. The minimum atomic E-state index is -2.53. The SMILES string of the molecule is [2H]C([2H])([2H])c1cc(-c2cc(C(C)C)cc(C([2H])(C)C)c2)ccc1-n1c(-c2cc(C)cc(C)c2O)nc2c(-c3[c-]c(-c4cc(-c5ccc(C)cc5)ccn4)cc(C(C)(C)C)c3)cccc21.[Pt]. The molecule has 0 saturated heterocycles. The number of phenolic OH excluding ortho intramolecular Hbond substituents is 1. The first-order valence-corrected chi connectivity index (χ1v) is 20.8. The number of para-hydroxylation sites is 1. The summed E-state index contributed by atoms with van der Waals surface area (Å²) in [4.78, 5) is 10.2. The fourth-order valence-electron chi connectivity index (χ4n) is 8.01. The number of hydrogen-bond donors (Lipinski definition) is 1. The van der Waals surface area contributed by atoms with E-state index in [-0.39, 0.29) is 43.7 Å². The van der Waals surface area contributed by atoms with Gasteiger partial charge < -0.3 is 5.11 Å². The zero-order valence-electron chi connectivity index (χ0n) is 40.7. The van der Waals surface area contributed by atoms with Crippen LogP contribution in [0.1, 0.15) is 105 Å². The molecule has 5 heteroatoms. The van der Waals surface area contributed by atoms with Crippen molar-refractivity contribution in [1.82, 2.24) is 14.5 Å². The van der Waals surface area contributed by atoms with Gasteiger partial charge >= 0.3 is 0 Å². The molecule has 2 heterocycles. The molecule has 61 heavy (non-hydrogen) atoms. The second-order valence-electron chi connectivity index (χ2n) is 17.9. The van der Waals surface area contributed by atoms with E-state index in [0.717, 1.165) is 66.9 Å². The van der Waals surface area contributed by atoms with Crippen LogP contribution in [0.2, 0.25) is 0 Å². The zero-order valence-corrected chi connectivity index (χ0v) is 39.0. The molecule has 0 atom stereocenters. The van der Waals surface area contributed by atoms with Crippen LogP contribution in [0, 0.1) is 33.7 Å². The number of aryl methyl sites for hydroxylation is 4. The molecule has 0 saturated carbocycles. The van der Waals surface area contributed by atoms with Crippen LogP contribution in [0.25, 0.3) is 72.7 Å². The van der Waals surface area contributed by atoms with E-state index >= 15 is 0 Å². The van der Waals surface area contributed by atoms with Crippen molar-refractivity contribution in [2.75, 3.05) is 0 Å². The minimum absolute atomic E-state index is 0. The summed E-state index contributed by atoms with van der Waals surface area (Å²) in [6, 6.07) is 42.2. The molecule has 1 N–H and O–H groups in total. The first kappa shape index (κ1) is 38.4. The molecule has 0 aliphatic carbocycles. The van der Waals surface area contributed by atoms with Gasteiger partial charge in [0.2, 0.25) is 0 Å². The average molecular weight is 986 g/mol. The topological polar surface area (TPSA) is 50.9 Å². The van der Waals surface area contributed by atoms with Crippen LogP contribution in [0.5, 0.6) is 5.75 Å². The van der Waals surface area contributed by atoms with E-state index in [1.165, 1.54) is 5.56 Å². The predicted octanol–water partition coefficient (Wildman–Crippen LogP) is 15.0. The van der Waals surface area contributed by atoms with Crippen LogP contribution in [0.15, 0.2) is 121 Å². The number of aromatic hydroxyl groups is 1. The summed E-state index contributed by atoms with van der Waals surface area (Å²) in [6.07, 6.45) is 1.84. The third-order valence-electron chi connectivity index (χ3n) is 11.6. The summed E-state index contributed by atoms with van der Waals surface area (Å²) in [6.45, 7) is 18.0. The Bertz CT molecular complexity index is 3080. The number of nitrogens with zero attached hydrogens (tertiary/aromatic N) is 3. The van der Waals surface area contributed by atoms with E-state index < -0.39 is 12.7 Å². The molecular formula is C56H56N3OPt-. The second kappa shape index (κ2) is 17.1. The van der Waals surface area contributed by atoms with E-state index in [0.29, 0.717) is 33.7 Å². The van der Waals surface area contributed by atoms with Crippen molar-refractivity contribution in [3.05, 3.63) is 166 Å². The smallest absolute Gasteiger partial charge is 0.148 e. The van der Waals surface area contributed by atoms with Gasteiger partial charge in [0, 0.05) is 38.4 Å². The Labute approximate surface area is 382 Å². The van der Waals surface area contributed by atoms with Crippen LogP contribution < -0.4 is 0 Å². The Kier molecular flexibility index (Phi) is 10.7. The Balaban J connectivity index is 0.00000630. The van der Waals surface area contributed by atoms with Gasteiger partial charge in [-0.1, -0.05) is 138 Å². The van der Waals surface area contributed by atoms with Gasteiger partial charge in [-0.05, 0) is 125 Å². The fourth-order valence-corrected chi connectivity index (χ4v) is 8.01. The average Bonchev–Trinajstić information content (AvgIpc) is 3.63. The fraction of sp³-hybridized carbons (Fsp3) is 0.250. The molecule has 0 unspecified atom stereocenters. The standard InChI is InChI=1S/C56H56N3O.Pt/c1-33(2)42-26-43(34(3)4)28-44(27-42)40-19-20-51(37(7)25-40)59-52-14-12-13-48(53(52)58-55(59)49-24-36(6)23-38(8)54(49)60)45-29-46(31-47(30-45)56(9,10)11)50-32-41(21-22-57-50)39-17-15-35(5)16-18-39;/h12-28,30-34,60H,1-11H3;/q-1;/i7D3,33D;. The Morgan fingerprint density at radius 2 is 1.39 bits per heavy atom. The van der Waals surface area contributed by atoms with Gasteiger partial charge in [-0.25, -0.2) is 4.98 Å². The Hall–Kier alpha value is -5.57. The number of hydrogen-bond acceptors (Lipinski definition) is 3. The van der Waals surface area contributed by atoms with Gasteiger partial charge in [0.15, 0.2) is 0 Å². The summed E-state index contributed by atoms with van der Waals surface area (Å²) in [5, 5.41) is 11.8. The summed E-state index contributed by atoms with van der Waals surface area (Å²) in [5.41, 5.74) is 15.1. The number of aromatic nitrogens is 3. The molecule has 312 valence electrons. The van der Waals surface area contributed by atoms with Gasteiger partial charge in [-0.3, -0.25) is 9.55 Å². The van der Waals surface area contributed by atoms with Gasteiger partial charge in [-0.2, -0.15) is 0 Å². The molecule has 0 fully saturated rings. The number of phenols is 1. The number of benzene rings is 6. The van der Waals surface area contributed by atoms with Crippen molar-refractivity contribution in [2.24, 2.45) is 0 Å². The number of pyridine rings is 1. The van der Waals surface area contributed by atoms with Crippen LogP contribution in [-0.2, 0) is 26.5 Å². The van der Waals surface area contributed by atoms with Crippen LogP contribution in [0.4, 0.5) is 0 Å². The Morgan fingerprint density at radius 3 is 2.10 bits per heavy atom. The summed E-state index contributed by atoms with van der Waals surface area (Å²) < 4.78 is 37.7. The summed E-state index contributed by atoms with van der Waals surface area (Å²) in [5.74, 6) is -0.144. The molecule has 0 bridgehead atoms. The number of imidazole rings is 1. The molecule has 0 spiro atoms. The van der Waals surface area contributed by atoms with Gasteiger partial charge in [0.05, 0.1) is 22.3 Å². The van der Waals surface area contributed by atoms with Crippen LogP contribution in [-0.4, -0.2) is 19.6 Å². The van der Waals surface area contributed by atoms with Crippen LogP contribution in [0.3, 0.4) is 0 Å². The molecule has 8 aromatic rings. The number of rotatable bonds is 8. The zero-order chi connectivity index (χ0) is 46.0. The molecule has 0 aliphatic rings. The molecule has 0 aliphatic heterocycles. The monoisotopic (exact) mass is 985 g/mol. The molecule has 4 nitrogen and oxygen atoms in total. The van der Waals surface area contributed by atoms with E-state index in [9.17, 15) is 5.11 Å². The maximum Gasteiger partial charge on any atom is 0.148 e. The van der Waals surface area contributed by atoms with E-state index in [1.807, 2.05) is 93.1 Å². The summed E-state index contributed by atoms with van der Waals surface area (Å²) in [7, 11) is 0. The second-order valence-corrected chi connectivity index (χ2v) is 17.9. The van der Waals surface area contributed by atoms with Gasteiger partial charge in [-0.15, -0.1) is 29.3 Å². The van der Waals surface area contributed by atoms with Crippen molar-refractivity contribution < 1.29 is 31.7 Å². The summed E-state index contributed by atoms with van der Waals surface area (Å²) >= 11 is 0. The number of fused-ring (bicyclic) bond motifs is 1. The molecule has 0 radical (unpaired) electrons. The van der Waals surface area contributed by atoms with Crippen molar-refractivity contribution in [3.63, 3.8) is 0 Å². The van der Waals surface area contributed by atoms with Gasteiger partial charge in [0.1, 0.15) is 11.6 Å². The van der Waals surface area contributed by atoms with Crippen molar-refractivity contribution in [1.29, 1.82) is 0 Å². The van der Waals surface area contributed by atoms with E-state index in [1.54, 1.807) is 6.07 Å². The molecule has 8 rings (SSSR count). The third kappa shape index (κ3) is 8.66. The first-order chi connectivity index (χ1) is 30.1. The molecule has 2 aromatic heterocycles. The van der Waals surface area contributed by atoms with Crippen LogP contribution >= 0.6 is 0 Å². The quantitative estimate of drug-likeness (QED) is 0.154. The third-order valence-corrected chi connectivity index (χ3v) is 11.6. The van der Waals surface area contributed by atoms with Crippen molar-refractivity contribution in [2.45, 2.75) is 93.3 Å². The minimum Gasteiger partial charge on any atom is -0.507 e. The maximum atomic E-state index is 11.8. The largest absolute Gasteiger partial charge is 0.507 e. The predicted molar refractivity (Wildman–Crippen MR) is 252 cm³/mol. The Morgan fingerprint density at radius 1 is 0.689 bits per heavy atom. The van der Waals surface area contributed by atoms with Gasteiger partial charge in [0.25, 0.3) is 0 Å². The molecular weight excluding hydrogens is 926 g/mol.